The molecule has 0 amide bonds. The van der Waals surface area contributed by atoms with E-state index >= 15 is 0 Å². The highest BCUT2D eigenvalue weighted by Gasteiger charge is 2.14. The number of nitrogens with one attached hydrogen (secondary N) is 2. The van der Waals surface area contributed by atoms with E-state index < -0.39 is 0 Å². The number of piperidine rings is 1. The Bertz CT molecular complexity index is 407. The van der Waals surface area contributed by atoms with Gasteiger partial charge in [-0.2, -0.15) is 5.26 Å². The fraction of sp³-hybridized carbons (Fsp3) is 0.455. The van der Waals surface area contributed by atoms with Crippen molar-refractivity contribution in [2.75, 3.05) is 18.4 Å². The van der Waals surface area contributed by atoms with E-state index in [4.69, 9.17) is 5.26 Å². The molecule has 2 heterocycles. The lowest BCUT2D eigenvalue weighted by Gasteiger charge is -2.24. The number of hydrogen-bond donors (Lipinski definition) is 2. The van der Waals surface area contributed by atoms with Crippen molar-refractivity contribution in [1.29, 1.82) is 5.26 Å². The second-order valence-corrected chi connectivity index (χ2v) is 4.76. The zero-order valence-corrected chi connectivity index (χ0v) is 10.4. The van der Waals surface area contributed by atoms with Gasteiger partial charge in [0.2, 0.25) is 0 Å². The average molecular weight is 281 g/mol. The molecular formula is C11H13BrN4. The minimum Gasteiger partial charge on any atom is -0.365 e. The monoisotopic (exact) mass is 280 g/mol. The van der Waals surface area contributed by atoms with E-state index in [-0.39, 0.29) is 0 Å². The Morgan fingerprint density at radius 1 is 1.62 bits per heavy atom. The Labute approximate surface area is 103 Å². The lowest BCUT2D eigenvalue weighted by atomic mass is 10.1. The van der Waals surface area contributed by atoms with Crippen molar-refractivity contribution in [2.45, 2.75) is 18.9 Å². The van der Waals surface area contributed by atoms with Crippen molar-refractivity contribution >= 4 is 21.7 Å². The lowest BCUT2D eigenvalue weighted by Crippen LogP contribution is -2.38. The maximum absolute atomic E-state index is 9.01. The molecule has 4 nitrogen and oxygen atoms in total. The van der Waals surface area contributed by atoms with Gasteiger partial charge in [-0.25, -0.2) is 4.98 Å². The summed E-state index contributed by atoms with van der Waals surface area (Å²) in [5.41, 5.74) is 0.583. The van der Waals surface area contributed by atoms with Crippen LogP contribution in [0.2, 0.25) is 0 Å². The second kappa shape index (κ2) is 5.28. The molecule has 1 saturated heterocycles. The van der Waals surface area contributed by atoms with Crippen LogP contribution in [0.4, 0.5) is 5.82 Å². The number of aromatic nitrogens is 1. The summed E-state index contributed by atoms with van der Waals surface area (Å²) in [7, 11) is 0. The largest absolute Gasteiger partial charge is 0.365 e. The third-order valence-electron chi connectivity index (χ3n) is 2.61. The first kappa shape index (κ1) is 11.4. The lowest BCUT2D eigenvalue weighted by molar-refractivity contribution is 0.479. The first-order chi connectivity index (χ1) is 7.79. The summed E-state index contributed by atoms with van der Waals surface area (Å²) in [5.74, 6) is 0.680. The predicted octanol–water partition coefficient (Wildman–Crippen LogP) is 1.88. The van der Waals surface area contributed by atoms with Gasteiger partial charge in [-0.15, -0.1) is 0 Å². The summed E-state index contributed by atoms with van der Waals surface area (Å²) in [6, 6.07) is 4.30. The molecule has 0 bridgehead atoms. The first-order valence-electron chi connectivity index (χ1n) is 5.32. The van der Waals surface area contributed by atoms with Crippen LogP contribution >= 0.6 is 15.9 Å². The molecule has 1 aromatic heterocycles. The number of halogens is 1. The second-order valence-electron chi connectivity index (χ2n) is 3.85. The van der Waals surface area contributed by atoms with Gasteiger partial charge in [0.05, 0.1) is 5.56 Å². The molecule has 5 heteroatoms. The van der Waals surface area contributed by atoms with E-state index in [1.54, 1.807) is 12.3 Å². The minimum absolute atomic E-state index is 0.370. The summed E-state index contributed by atoms with van der Waals surface area (Å²) in [4.78, 5) is 4.23. The quantitative estimate of drug-likeness (QED) is 0.869. The molecule has 1 aliphatic rings. The van der Waals surface area contributed by atoms with Crippen molar-refractivity contribution in [2.24, 2.45) is 0 Å². The summed E-state index contributed by atoms with van der Waals surface area (Å²) in [5, 5.41) is 15.6. The van der Waals surface area contributed by atoms with E-state index in [9.17, 15) is 0 Å². The third-order valence-corrected chi connectivity index (χ3v) is 3.05. The van der Waals surface area contributed by atoms with Gasteiger partial charge in [0.15, 0.2) is 0 Å². The van der Waals surface area contributed by atoms with E-state index in [1.165, 1.54) is 0 Å². The van der Waals surface area contributed by atoms with Crippen LogP contribution in [0.3, 0.4) is 0 Å². The molecular weight excluding hydrogens is 268 g/mol. The molecule has 1 atom stereocenters. The topological polar surface area (TPSA) is 60.7 Å². The summed E-state index contributed by atoms with van der Waals surface area (Å²) in [6.45, 7) is 2.01. The SMILES string of the molecule is N#Cc1cc(Br)cnc1NC1CCCNC1. The molecule has 1 aliphatic heterocycles. The molecule has 0 aromatic carbocycles. The van der Waals surface area contributed by atoms with Crippen molar-refractivity contribution in [3.05, 3.63) is 22.3 Å². The van der Waals surface area contributed by atoms with Gasteiger partial charge >= 0.3 is 0 Å². The summed E-state index contributed by atoms with van der Waals surface area (Å²) >= 11 is 3.31. The zero-order chi connectivity index (χ0) is 11.4. The molecule has 0 saturated carbocycles. The molecule has 0 radical (unpaired) electrons. The Kier molecular flexibility index (Phi) is 3.75. The Morgan fingerprint density at radius 2 is 2.50 bits per heavy atom. The van der Waals surface area contributed by atoms with Gasteiger partial charge in [0, 0.05) is 23.3 Å². The molecule has 84 valence electrons. The van der Waals surface area contributed by atoms with Gasteiger partial charge in [-0.05, 0) is 41.4 Å². The normalized spacial score (nSPS) is 20.1. The molecule has 2 rings (SSSR count). The molecule has 16 heavy (non-hydrogen) atoms. The number of rotatable bonds is 2. The van der Waals surface area contributed by atoms with Crippen LogP contribution in [0.1, 0.15) is 18.4 Å². The average Bonchev–Trinajstić information content (AvgIpc) is 2.33. The number of anilines is 1. The fourth-order valence-electron chi connectivity index (χ4n) is 1.81. The van der Waals surface area contributed by atoms with E-state index in [1.807, 2.05) is 0 Å². The smallest absolute Gasteiger partial charge is 0.144 e. The Balaban J connectivity index is 2.11. The van der Waals surface area contributed by atoms with Gasteiger partial charge in [0.25, 0.3) is 0 Å². The zero-order valence-electron chi connectivity index (χ0n) is 8.83. The number of nitriles is 1. The van der Waals surface area contributed by atoms with E-state index in [0.717, 1.165) is 30.4 Å². The fourth-order valence-corrected chi connectivity index (χ4v) is 2.14. The maximum atomic E-state index is 9.01. The summed E-state index contributed by atoms with van der Waals surface area (Å²) in [6.07, 6.45) is 3.99. The van der Waals surface area contributed by atoms with Gasteiger partial charge in [0.1, 0.15) is 11.9 Å². The number of nitrogens with zero attached hydrogens (tertiary/aromatic N) is 2. The van der Waals surface area contributed by atoms with E-state index in [0.29, 0.717) is 17.4 Å². The maximum Gasteiger partial charge on any atom is 0.144 e. The summed E-state index contributed by atoms with van der Waals surface area (Å²) < 4.78 is 0.830. The van der Waals surface area contributed by atoms with Crippen LogP contribution < -0.4 is 10.6 Å². The van der Waals surface area contributed by atoms with Crippen LogP contribution in [0.5, 0.6) is 0 Å². The van der Waals surface area contributed by atoms with Crippen molar-refractivity contribution < 1.29 is 0 Å². The van der Waals surface area contributed by atoms with Crippen LogP contribution in [0.25, 0.3) is 0 Å². The van der Waals surface area contributed by atoms with Crippen LogP contribution in [-0.4, -0.2) is 24.1 Å². The van der Waals surface area contributed by atoms with Gasteiger partial charge < -0.3 is 10.6 Å². The Morgan fingerprint density at radius 3 is 3.19 bits per heavy atom. The van der Waals surface area contributed by atoms with Crippen molar-refractivity contribution in [1.82, 2.24) is 10.3 Å². The third kappa shape index (κ3) is 2.71. The Hall–Kier alpha value is -1.12. The van der Waals surface area contributed by atoms with Gasteiger partial charge in [-0.3, -0.25) is 0 Å². The molecule has 1 unspecified atom stereocenters. The van der Waals surface area contributed by atoms with Crippen molar-refractivity contribution in [3.63, 3.8) is 0 Å². The molecule has 0 aliphatic carbocycles. The predicted molar refractivity (Wildman–Crippen MR) is 66.2 cm³/mol. The van der Waals surface area contributed by atoms with E-state index in [2.05, 4.69) is 37.6 Å². The molecule has 2 N–H and O–H groups in total. The highest BCUT2D eigenvalue weighted by atomic mass is 79.9. The van der Waals surface area contributed by atoms with Crippen molar-refractivity contribution in [3.8, 4) is 6.07 Å². The number of pyridine rings is 1. The molecule has 1 fully saturated rings. The molecule has 1 aromatic rings. The van der Waals surface area contributed by atoms with Crippen LogP contribution in [-0.2, 0) is 0 Å². The van der Waals surface area contributed by atoms with Crippen LogP contribution in [0.15, 0.2) is 16.7 Å². The standard InChI is InChI=1S/C11H13BrN4/c12-9-4-8(5-13)11(15-6-9)16-10-2-1-3-14-7-10/h4,6,10,14H,1-3,7H2,(H,15,16). The van der Waals surface area contributed by atoms with Crippen LogP contribution in [0, 0.1) is 11.3 Å². The highest BCUT2D eigenvalue weighted by Crippen LogP contribution is 2.18. The molecule has 0 spiro atoms. The minimum atomic E-state index is 0.370. The first-order valence-corrected chi connectivity index (χ1v) is 6.12. The highest BCUT2D eigenvalue weighted by molar-refractivity contribution is 9.10. The number of hydrogen-bond acceptors (Lipinski definition) is 4. The van der Waals surface area contributed by atoms with Gasteiger partial charge in [-0.1, -0.05) is 0 Å².